The normalized spacial score (nSPS) is 19.0. The van der Waals surface area contributed by atoms with Crippen LogP contribution in [0.15, 0.2) is 59.6 Å². The molecule has 21 heavy (non-hydrogen) atoms. The fraction of sp³-hybridized carbons (Fsp3) is 0.176. The molecule has 2 unspecified atom stereocenters. The van der Waals surface area contributed by atoms with Crippen molar-refractivity contribution in [2.75, 3.05) is 0 Å². The first-order valence-corrected chi connectivity index (χ1v) is 7.76. The van der Waals surface area contributed by atoms with Crippen molar-refractivity contribution >= 4 is 11.8 Å². The molecule has 2 aromatic carbocycles. The van der Waals surface area contributed by atoms with Gasteiger partial charge >= 0.3 is 0 Å². The van der Waals surface area contributed by atoms with E-state index in [1.807, 2.05) is 48.7 Å². The van der Waals surface area contributed by atoms with Gasteiger partial charge in [-0.2, -0.15) is 0 Å². The molecule has 0 amide bonds. The van der Waals surface area contributed by atoms with E-state index >= 15 is 0 Å². The highest BCUT2D eigenvalue weighted by molar-refractivity contribution is 8.03. The minimum Gasteiger partial charge on any atom is -0.367 e. The molecule has 0 aliphatic carbocycles. The number of allylic oxidation sites excluding steroid dienone is 1. The number of nitrogens with two attached hydrogens (primary N) is 1. The van der Waals surface area contributed by atoms with Gasteiger partial charge in [0.15, 0.2) is 0 Å². The molecule has 1 heterocycles. The van der Waals surface area contributed by atoms with Gasteiger partial charge in [0.05, 0.1) is 0 Å². The molecule has 0 aromatic heterocycles. The van der Waals surface area contributed by atoms with Crippen LogP contribution in [-0.2, 0) is 0 Å². The summed E-state index contributed by atoms with van der Waals surface area (Å²) >= 11 is 1.58. The van der Waals surface area contributed by atoms with E-state index in [4.69, 9.17) is 5.73 Å². The lowest BCUT2D eigenvalue weighted by atomic mass is 9.96. The molecular weight excluding hydrogens is 283 g/mol. The third-order valence-corrected chi connectivity index (χ3v) is 4.79. The van der Waals surface area contributed by atoms with Gasteiger partial charge in [-0.1, -0.05) is 61.2 Å². The standard InChI is InChI=1S/C17H17FN2S/c1-11(16-10-20-17(19)21-16)13-7-8-14(15(18)9-13)12-5-3-2-4-6-12/h2-11,17,20H,19H2,1H3. The molecule has 0 fully saturated rings. The minimum atomic E-state index is -0.189. The van der Waals surface area contributed by atoms with Crippen molar-refractivity contribution in [1.29, 1.82) is 0 Å². The van der Waals surface area contributed by atoms with Crippen LogP contribution in [0.1, 0.15) is 18.4 Å². The number of halogens is 1. The van der Waals surface area contributed by atoms with Crippen molar-refractivity contribution in [3.63, 3.8) is 0 Å². The Balaban J connectivity index is 1.88. The fourth-order valence-electron chi connectivity index (χ4n) is 2.42. The van der Waals surface area contributed by atoms with Gasteiger partial charge in [0.25, 0.3) is 0 Å². The second-order valence-corrected chi connectivity index (χ2v) is 6.29. The molecule has 2 nitrogen and oxygen atoms in total. The van der Waals surface area contributed by atoms with Crippen molar-refractivity contribution < 1.29 is 4.39 Å². The van der Waals surface area contributed by atoms with Gasteiger partial charge in [-0.25, -0.2) is 4.39 Å². The number of hydrogen-bond acceptors (Lipinski definition) is 3. The van der Waals surface area contributed by atoms with Crippen LogP contribution in [0.5, 0.6) is 0 Å². The van der Waals surface area contributed by atoms with E-state index in [1.54, 1.807) is 17.8 Å². The van der Waals surface area contributed by atoms with Gasteiger partial charge in [0, 0.05) is 22.6 Å². The zero-order valence-electron chi connectivity index (χ0n) is 11.7. The first-order valence-electron chi connectivity index (χ1n) is 6.88. The van der Waals surface area contributed by atoms with Crippen molar-refractivity contribution in [3.05, 3.63) is 71.0 Å². The van der Waals surface area contributed by atoms with Gasteiger partial charge in [0.2, 0.25) is 0 Å². The maximum absolute atomic E-state index is 14.4. The topological polar surface area (TPSA) is 38.0 Å². The Hall–Kier alpha value is -1.78. The van der Waals surface area contributed by atoms with Crippen LogP contribution in [0.3, 0.4) is 0 Å². The van der Waals surface area contributed by atoms with Crippen molar-refractivity contribution in [2.45, 2.75) is 18.3 Å². The Kier molecular flexibility index (Phi) is 3.99. The molecule has 0 saturated heterocycles. The van der Waals surface area contributed by atoms with Gasteiger partial charge in [0.1, 0.15) is 11.3 Å². The summed E-state index contributed by atoms with van der Waals surface area (Å²) in [5.74, 6) is -0.0539. The smallest absolute Gasteiger partial charge is 0.131 e. The molecule has 2 aromatic rings. The van der Waals surface area contributed by atoms with Crippen molar-refractivity contribution in [2.24, 2.45) is 5.73 Å². The molecule has 3 N–H and O–H groups in total. The summed E-state index contributed by atoms with van der Waals surface area (Å²) in [5, 5.41) is 3.06. The van der Waals surface area contributed by atoms with Gasteiger partial charge < -0.3 is 11.1 Å². The number of rotatable bonds is 3. The molecule has 0 radical (unpaired) electrons. The number of benzene rings is 2. The molecule has 3 rings (SSSR count). The molecule has 0 spiro atoms. The quantitative estimate of drug-likeness (QED) is 0.899. The molecule has 2 atom stereocenters. The summed E-state index contributed by atoms with van der Waals surface area (Å²) in [6, 6.07) is 15.1. The number of thioether (sulfide) groups is 1. The van der Waals surface area contributed by atoms with E-state index in [2.05, 4.69) is 12.2 Å². The predicted molar refractivity (Wildman–Crippen MR) is 87.0 cm³/mol. The summed E-state index contributed by atoms with van der Waals surface area (Å²) < 4.78 is 14.4. The molecule has 0 bridgehead atoms. The Morgan fingerprint density at radius 2 is 1.95 bits per heavy atom. The van der Waals surface area contributed by atoms with Crippen molar-refractivity contribution in [1.82, 2.24) is 5.32 Å². The summed E-state index contributed by atoms with van der Waals surface area (Å²) in [7, 11) is 0. The molecule has 108 valence electrons. The highest BCUT2D eigenvalue weighted by atomic mass is 32.2. The van der Waals surface area contributed by atoms with E-state index in [0.717, 1.165) is 16.0 Å². The maximum Gasteiger partial charge on any atom is 0.131 e. The monoisotopic (exact) mass is 300 g/mol. The Morgan fingerprint density at radius 3 is 2.57 bits per heavy atom. The minimum absolute atomic E-state index is 0.101. The SMILES string of the molecule is CC(C1=CNC(N)S1)c1ccc(-c2ccccc2)c(F)c1. The van der Waals surface area contributed by atoms with Crippen LogP contribution in [0.25, 0.3) is 11.1 Å². The van der Waals surface area contributed by atoms with Gasteiger partial charge in [-0.3, -0.25) is 0 Å². The zero-order valence-corrected chi connectivity index (χ0v) is 12.5. The third-order valence-electron chi connectivity index (χ3n) is 3.66. The van der Waals surface area contributed by atoms with Crippen LogP contribution >= 0.6 is 11.8 Å². The number of hydrogen-bond donors (Lipinski definition) is 2. The van der Waals surface area contributed by atoms with E-state index in [0.29, 0.717) is 5.56 Å². The first kappa shape index (κ1) is 14.2. The predicted octanol–water partition coefficient (Wildman–Crippen LogP) is 4.02. The van der Waals surface area contributed by atoms with Crippen LogP contribution in [-0.4, -0.2) is 5.50 Å². The van der Waals surface area contributed by atoms with E-state index in [-0.39, 0.29) is 17.2 Å². The van der Waals surface area contributed by atoms with E-state index in [9.17, 15) is 4.39 Å². The molecule has 1 aliphatic rings. The summed E-state index contributed by atoms with van der Waals surface area (Å²) in [6.07, 6.45) is 1.92. The van der Waals surface area contributed by atoms with Crippen LogP contribution < -0.4 is 11.1 Å². The largest absolute Gasteiger partial charge is 0.367 e. The average Bonchev–Trinajstić information content (AvgIpc) is 2.94. The van der Waals surface area contributed by atoms with Crippen molar-refractivity contribution in [3.8, 4) is 11.1 Å². The van der Waals surface area contributed by atoms with Crippen LogP contribution in [0.2, 0.25) is 0 Å². The summed E-state index contributed by atoms with van der Waals surface area (Å²) in [5.41, 5.74) is 8.19. The third kappa shape index (κ3) is 2.96. The van der Waals surface area contributed by atoms with E-state index in [1.165, 1.54) is 0 Å². The molecule has 0 saturated carbocycles. The van der Waals surface area contributed by atoms with Gasteiger partial charge in [-0.15, -0.1) is 0 Å². The second-order valence-electron chi connectivity index (χ2n) is 5.08. The average molecular weight is 300 g/mol. The number of nitrogens with one attached hydrogen (secondary N) is 1. The lowest BCUT2D eigenvalue weighted by Gasteiger charge is -2.14. The maximum atomic E-state index is 14.4. The Labute approximate surface area is 128 Å². The lowest BCUT2D eigenvalue weighted by Crippen LogP contribution is -2.25. The molecule has 1 aliphatic heterocycles. The fourth-order valence-corrected chi connectivity index (χ4v) is 3.33. The second kappa shape index (κ2) is 5.92. The highest BCUT2D eigenvalue weighted by Gasteiger charge is 2.20. The Bertz CT molecular complexity index is 670. The first-order chi connectivity index (χ1) is 10.1. The zero-order chi connectivity index (χ0) is 14.8. The molecular formula is C17H17FN2S. The Morgan fingerprint density at radius 1 is 1.19 bits per heavy atom. The molecule has 4 heteroatoms. The van der Waals surface area contributed by atoms with E-state index < -0.39 is 0 Å². The lowest BCUT2D eigenvalue weighted by molar-refractivity contribution is 0.628. The summed E-state index contributed by atoms with van der Waals surface area (Å²) in [4.78, 5) is 1.13. The van der Waals surface area contributed by atoms with Crippen LogP contribution in [0, 0.1) is 5.82 Å². The summed E-state index contributed by atoms with van der Waals surface area (Å²) in [6.45, 7) is 2.06. The highest BCUT2D eigenvalue weighted by Crippen LogP contribution is 2.37. The van der Waals surface area contributed by atoms with Gasteiger partial charge in [-0.05, 0) is 17.2 Å². The van der Waals surface area contributed by atoms with Crippen LogP contribution in [0.4, 0.5) is 4.39 Å².